The van der Waals surface area contributed by atoms with Crippen molar-refractivity contribution in [1.82, 2.24) is 9.88 Å². The fourth-order valence-electron chi connectivity index (χ4n) is 3.23. The summed E-state index contributed by atoms with van der Waals surface area (Å²) < 4.78 is 5.86. The topological polar surface area (TPSA) is 54.5 Å². The number of piperidine rings is 1. The smallest absolute Gasteiger partial charge is 0.321 e. The molecule has 0 saturated carbocycles. The Labute approximate surface area is 173 Å². The van der Waals surface area contributed by atoms with Crippen LogP contribution >= 0.6 is 0 Å². The molecule has 0 radical (unpaired) electrons. The number of amides is 2. The molecule has 0 atom stereocenters. The van der Waals surface area contributed by atoms with Crippen LogP contribution in [0.25, 0.3) is 6.08 Å². The Morgan fingerprint density at radius 2 is 2.03 bits per heavy atom. The molecule has 0 aliphatic carbocycles. The molecule has 1 saturated heterocycles. The number of urea groups is 1. The zero-order chi connectivity index (χ0) is 20.6. The third kappa shape index (κ3) is 6.63. The first-order valence-electron chi connectivity index (χ1n) is 10.4. The molecule has 3 rings (SSSR count). The third-order valence-corrected chi connectivity index (χ3v) is 5.05. The summed E-state index contributed by atoms with van der Waals surface area (Å²) in [5.74, 6) is 1.56. The maximum Gasteiger partial charge on any atom is 0.321 e. The van der Waals surface area contributed by atoms with E-state index in [2.05, 4.69) is 42.4 Å². The van der Waals surface area contributed by atoms with Crippen LogP contribution in [0.4, 0.5) is 10.5 Å². The monoisotopic (exact) mass is 393 g/mol. The molecule has 1 aromatic heterocycles. The molecule has 2 amide bonds. The number of likely N-dealkylation sites (tertiary alicyclic amines) is 1. The molecule has 1 aromatic carbocycles. The van der Waals surface area contributed by atoms with E-state index in [4.69, 9.17) is 4.74 Å². The second-order valence-corrected chi connectivity index (χ2v) is 8.01. The summed E-state index contributed by atoms with van der Waals surface area (Å²) in [6.45, 7) is 8.53. The summed E-state index contributed by atoms with van der Waals surface area (Å²) in [5, 5.41) is 2.93. The minimum atomic E-state index is -0.0600. The van der Waals surface area contributed by atoms with E-state index in [9.17, 15) is 4.79 Å². The molecule has 0 spiro atoms. The number of hydrogen-bond acceptors (Lipinski definition) is 3. The van der Waals surface area contributed by atoms with Crippen molar-refractivity contribution in [3.8, 4) is 5.75 Å². The van der Waals surface area contributed by atoms with Crippen molar-refractivity contribution in [2.24, 2.45) is 5.92 Å². The van der Waals surface area contributed by atoms with Crippen molar-refractivity contribution in [2.45, 2.75) is 40.0 Å². The number of pyridine rings is 1. The maximum atomic E-state index is 12.5. The summed E-state index contributed by atoms with van der Waals surface area (Å²) in [6.07, 6.45) is 6.76. The molecule has 0 bridgehead atoms. The molecular weight excluding hydrogens is 362 g/mol. The van der Waals surface area contributed by atoms with Crippen molar-refractivity contribution in [3.05, 3.63) is 59.4 Å². The lowest BCUT2D eigenvalue weighted by Crippen LogP contribution is -2.39. The predicted octanol–water partition coefficient (Wildman–Crippen LogP) is 5.53. The zero-order valence-corrected chi connectivity index (χ0v) is 17.6. The van der Waals surface area contributed by atoms with E-state index in [-0.39, 0.29) is 6.03 Å². The Balaban J connectivity index is 1.51. The van der Waals surface area contributed by atoms with Crippen LogP contribution < -0.4 is 10.1 Å². The number of rotatable bonds is 6. The zero-order valence-electron chi connectivity index (χ0n) is 17.6. The van der Waals surface area contributed by atoms with Gasteiger partial charge in [-0.1, -0.05) is 37.6 Å². The number of benzene rings is 1. The lowest BCUT2D eigenvalue weighted by atomic mass is 10.0. The van der Waals surface area contributed by atoms with Crippen molar-refractivity contribution in [1.29, 1.82) is 0 Å². The van der Waals surface area contributed by atoms with Crippen molar-refractivity contribution in [2.75, 3.05) is 25.0 Å². The van der Waals surface area contributed by atoms with Crippen molar-refractivity contribution in [3.63, 3.8) is 0 Å². The van der Waals surface area contributed by atoms with Gasteiger partial charge in [0.05, 0.1) is 18.5 Å². The van der Waals surface area contributed by atoms with Gasteiger partial charge in [-0.3, -0.25) is 4.98 Å². The molecule has 5 nitrogen and oxygen atoms in total. The molecule has 1 fully saturated rings. The molecular formula is C24H31N3O2. The van der Waals surface area contributed by atoms with Gasteiger partial charge in [0.15, 0.2) is 0 Å². The first-order valence-corrected chi connectivity index (χ1v) is 10.4. The van der Waals surface area contributed by atoms with Crippen LogP contribution in [-0.2, 0) is 0 Å². The van der Waals surface area contributed by atoms with Gasteiger partial charge in [-0.2, -0.15) is 0 Å². The Bertz CT molecular complexity index is 833. The van der Waals surface area contributed by atoms with Crippen molar-refractivity contribution >= 4 is 17.8 Å². The average molecular weight is 394 g/mol. The van der Waals surface area contributed by atoms with Gasteiger partial charge in [0.1, 0.15) is 5.75 Å². The number of hydrogen-bond donors (Lipinski definition) is 1. The quantitative estimate of drug-likeness (QED) is 0.702. The van der Waals surface area contributed by atoms with E-state index < -0.39 is 0 Å². The number of nitrogens with one attached hydrogen (secondary N) is 1. The predicted molar refractivity (Wildman–Crippen MR) is 118 cm³/mol. The second kappa shape index (κ2) is 10.1. The Kier molecular flexibility index (Phi) is 7.28. The number of carbonyl (C=O) groups excluding carboxylic acids is 1. The third-order valence-electron chi connectivity index (χ3n) is 5.05. The van der Waals surface area contributed by atoms with Crippen LogP contribution in [0.2, 0.25) is 0 Å². The molecule has 2 aromatic rings. The van der Waals surface area contributed by atoms with Crippen LogP contribution in [0, 0.1) is 12.8 Å². The van der Waals surface area contributed by atoms with Gasteiger partial charge in [-0.15, -0.1) is 0 Å². The number of aromatic nitrogens is 1. The fraction of sp³-hybridized carbons (Fsp3) is 0.417. The molecule has 2 heterocycles. The van der Waals surface area contributed by atoms with Gasteiger partial charge in [0.2, 0.25) is 0 Å². The highest BCUT2D eigenvalue weighted by atomic mass is 16.5. The summed E-state index contributed by atoms with van der Waals surface area (Å²) in [7, 11) is 0. The van der Waals surface area contributed by atoms with Crippen LogP contribution in [0.1, 0.15) is 44.4 Å². The largest absolute Gasteiger partial charge is 0.494 e. The molecule has 0 unspecified atom stereocenters. The van der Waals surface area contributed by atoms with E-state index >= 15 is 0 Å². The fourth-order valence-corrected chi connectivity index (χ4v) is 3.23. The van der Waals surface area contributed by atoms with Gasteiger partial charge in [0.25, 0.3) is 0 Å². The Hall–Kier alpha value is -2.82. The van der Waals surface area contributed by atoms with Crippen LogP contribution in [0.15, 0.2) is 48.2 Å². The summed E-state index contributed by atoms with van der Waals surface area (Å²) in [4.78, 5) is 18.5. The van der Waals surface area contributed by atoms with E-state index in [1.807, 2.05) is 36.1 Å². The molecule has 154 valence electrons. The number of nitrogens with zero attached hydrogens (tertiary/aromatic N) is 2. The molecule has 1 aliphatic heterocycles. The number of ether oxygens (including phenoxy) is 1. The van der Waals surface area contributed by atoms with Gasteiger partial charge in [-0.05, 0) is 61.9 Å². The highest BCUT2D eigenvalue weighted by Crippen LogP contribution is 2.22. The number of anilines is 1. The average Bonchev–Trinajstić information content (AvgIpc) is 2.70. The molecule has 1 N–H and O–H groups in total. The van der Waals surface area contributed by atoms with Crippen LogP contribution in [-0.4, -0.2) is 35.6 Å². The standard InChI is InChI=1S/C24H31N3O2/c1-18(2)11-14-29-23-6-4-5-21(16-23)15-20-9-12-27(13-10-20)24(28)26-22-8-7-19(3)25-17-22/h4-8,15-18H,9-14H2,1-3H3,(H,26,28). The summed E-state index contributed by atoms with van der Waals surface area (Å²) >= 11 is 0. The first kappa shape index (κ1) is 20.9. The lowest BCUT2D eigenvalue weighted by Gasteiger charge is -2.28. The van der Waals surface area contributed by atoms with Crippen LogP contribution in [0.5, 0.6) is 5.75 Å². The minimum Gasteiger partial charge on any atom is -0.494 e. The highest BCUT2D eigenvalue weighted by molar-refractivity contribution is 5.89. The molecule has 29 heavy (non-hydrogen) atoms. The van der Waals surface area contributed by atoms with E-state index in [1.165, 1.54) is 5.57 Å². The summed E-state index contributed by atoms with van der Waals surface area (Å²) in [5.41, 5.74) is 4.19. The second-order valence-electron chi connectivity index (χ2n) is 8.01. The van der Waals surface area contributed by atoms with Gasteiger partial charge in [-0.25, -0.2) is 4.79 Å². The number of aryl methyl sites for hydroxylation is 1. The van der Waals surface area contributed by atoms with E-state index in [1.54, 1.807) is 6.20 Å². The van der Waals surface area contributed by atoms with E-state index in [0.29, 0.717) is 5.92 Å². The van der Waals surface area contributed by atoms with Crippen LogP contribution in [0.3, 0.4) is 0 Å². The highest BCUT2D eigenvalue weighted by Gasteiger charge is 2.19. The maximum absolute atomic E-state index is 12.5. The lowest BCUT2D eigenvalue weighted by molar-refractivity contribution is 0.208. The van der Waals surface area contributed by atoms with Crippen molar-refractivity contribution < 1.29 is 9.53 Å². The Morgan fingerprint density at radius 1 is 1.24 bits per heavy atom. The molecule has 1 aliphatic rings. The Morgan fingerprint density at radius 3 is 2.72 bits per heavy atom. The van der Waals surface area contributed by atoms with Gasteiger partial charge in [0, 0.05) is 18.8 Å². The minimum absolute atomic E-state index is 0.0600. The SMILES string of the molecule is Cc1ccc(NC(=O)N2CCC(=Cc3cccc(OCCC(C)C)c3)CC2)cn1. The first-order chi connectivity index (χ1) is 14.0. The van der Waals surface area contributed by atoms with E-state index in [0.717, 1.165) is 61.7 Å². The normalized spacial score (nSPS) is 14.1. The molecule has 5 heteroatoms. The van der Waals surface area contributed by atoms with Gasteiger partial charge < -0.3 is 15.0 Å². The number of carbonyl (C=O) groups is 1. The summed E-state index contributed by atoms with van der Waals surface area (Å²) in [6, 6.07) is 12.0. The van der Waals surface area contributed by atoms with Gasteiger partial charge >= 0.3 is 6.03 Å².